The van der Waals surface area contributed by atoms with E-state index in [4.69, 9.17) is 41.2 Å². The number of amides is 1. The van der Waals surface area contributed by atoms with Gasteiger partial charge in [0.2, 0.25) is 5.91 Å². The molecule has 1 aromatic carbocycles. The molecule has 3 N–H and O–H groups in total. The number of thiocarbonyl (C=S) groups is 1. The van der Waals surface area contributed by atoms with Crippen molar-refractivity contribution in [2.45, 2.75) is 25.8 Å². The van der Waals surface area contributed by atoms with Gasteiger partial charge in [-0.1, -0.05) is 41.5 Å². The summed E-state index contributed by atoms with van der Waals surface area (Å²) in [6.07, 6.45) is 1.43. The van der Waals surface area contributed by atoms with Crippen LogP contribution in [0.25, 0.3) is 0 Å². The van der Waals surface area contributed by atoms with Crippen molar-refractivity contribution in [3.63, 3.8) is 0 Å². The minimum atomic E-state index is -0.650. The van der Waals surface area contributed by atoms with E-state index < -0.39 is 5.41 Å². The van der Waals surface area contributed by atoms with Gasteiger partial charge in [0.05, 0.1) is 16.4 Å². The predicted octanol–water partition coefficient (Wildman–Crippen LogP) is 3.24. The molecule has 0 radical (unpaired) electrons. The first-order valence-corrected chi connectivity index (χ1v) is 7.09. The van der Waals surface area contributed by atoms with Crippen molar-refractivity contribution in [1.29, 1.82) is 0 Å². The van der Waals surface area contributed by atoms with Gasteiger partial charge >= 0.3 is 0 Å². The molecule has 1 fully saturated rings. The highest BCUT2D eigenvalue weighted by molar-refractivity contribution is 7.80. The van der Waals surface area contributed by atoms with Crippen LogP contribution in [0, 0.1) is 5.41 Å². The summed E-state index contributed by atoms with van der Waals surface area (Å²) in [7, 11) is 0. The van der Waals surface area contributed by atoms with Gasteiger partial charge in [0.15, 0.2) is 0 Å². The largest absolute Gasteiger partial charge is 0.392 e. The molecule has 1 aromatic rings. The van der Waals surface area contributed by atoms with Crippen LogP contribution in [-0.2, 0) is 4.79 Å². The smallest absolute Gasteiger partial charge is 0.233 e. The minimum Gasteiger partial charge on any atom is -0.392 e. The zero-order valence-corrected chi connectivity index (χ0v) is 12.7. The lowest BCUT2D eigenvalue weighted by Crippen LogP contribution is -2.40. The summed E-state index contributed by atoms with van der Waals surface area (Å²) in [5.74, 6) is -0.126. The fourth-order valence-corrected chi connectivity index (χ4v) is 2.84. The standard InChI is InChI=1S/C13H14Cl2N2OS/c1-7(9-3-2-8(14)6-10(9)15)17-12(18)13(4-5-13)11(16)19/h2-3,6-7H,4-5H2,1H3,(H2,16,19)(H,17,18). The van der Waals surface area contributed by atoms with Gasteiger partial charge in [0, 0.05) is 10.0 Å². The number of nitrogens with one attached hydrogen (secondary N) is 1. The molecular weight excluding hydrogens is 303 g/mol. The summed E-state index contributed by atoms with van der Waals surface area (Å²) in [5, 5.41) is 4.00. The number of hydrogen-bond acceptors (Lipinski definition) is 2. The minimum absolute atomic E-state index is 0.126. The first-order valence-electron chi connectivity index (χ1n) is 5.92. The van der Waals surface area contributed by atoms with Crippen LogP contribution in [0.2, 0.25) is 10.0 Å². The molecule has 1 amide bonds. The lowest BCUT2D eigenvalue weighted by molar-refractivity contribution is -0.124. The monoisotopic (exact) mass is 316 g/mol. The van der Waals surface area contributed by atoms with Crippen LogP contribution >= 0.6 is 35.4 Å². The van der Waals surface area contributed by atoms with E-state index in [1.807, 2.05) is 6.92 Å². The zero-order valence-electron chi connectivity index (χ0n) is 10.4. The Kier molecular flexibility index (Phi) is 4.04. The average Bonchev–Trinajstić information content (AvgIpc) is 3.09. The molecule has 1 atom stereocenters. The predicted molar refractivity (Wildman–Crippen MR) is 81.5 cm³/mol. The van der Waals surface area contributed by atoms with E-state index in [0.717, 1.165) is 18.4 Å². The van der Waals surface area contributed by atoms with Crippen LogP contribution in [0.4, 0.5) is 0 Å². The Morgan fingerprint density at radius 2 is 2.11 bits per heavy atom. The van der Waals surface area contributed by atoms with Crippen LogP contribution in [0.5, 0.6) is 0 Å². The van der Waals surface area contributed by atoms with Gasteiger partial charge in [-0.15, -0.1) is 0 Å². The van der Waals surface area contributed by atoms with Crippen molar-refractivity contribution in [3.05, 3.63) is 33.8 Å². The first-order chi connectivity index (χ1) is 8.86. The highest BCUT2D eigenvalue weighted by atomic mass is 35.5. The molecule has 0 bridgehead atoms. The second kappa shape index (κ2) is 5.27. The molecule has 1 aliphatic rings. The second-order valence-corrected chi connectivity index (χ2v) is 6.09. The van der Waals surface area contributed by atoms with E-state index >= 15 is 0 Å². The maximum absolute atomic E-state index is 12.2. The van der Waals surface area contributed by atoms with Crippen molar-refractivity contribution < 1.29 is 4.79 Å². The second-order valence-electron chi connectivity index (χ2n) is 4.81. The Balaban J connectivity index is 2.11. The molecule has 1 aliphatic carbocycles. The molecule has 1 unspecified atom stereocenters. The van der Waals surface area contributed by atoms with Crippen molar-refractivity contribution in [3.8, 4) is 0 Å². The molecule has 1 saturated carbocycles. The van der Waals surface area contributed by atoms with Gasteiger partial charge in [-0.25, -0.2) is 0 Å². The normalized spacial score (nSPS) is 17.6. The lowest BCUT2D eigenvalue weighted by Gasteiger charge is -2.20. The van der Waals surface area contributed by atoms with Gasteiger partial charge in [0.25, 0.3) is 0 Å². The number of halogens is 2. The number of benzene rings is 1. The SMILES string of the molecule is CC(NC(=O)C1(C(N)=S)CC1)c1ccc(Cl)cc1Cl. The number of carbonyl (C=O) groups excluding carboxylic acids is 1. The molecule has 0 aliphatic heterocycles. The highest BCUT2D eigenvalue weighted by Gasteiger charge is 2.52. The summed E-state index contributed by atoms with van der Waals surface area (Å²) in [5.41, 5.74) is 5.79. The molecule has 0 spiro atoms. The summed E-state index contributed by atoms with van der Waals surface area (Å²) in [6, 6.07) is 4.98. The fourth-order valence-electron chi connectivity index (χ4n) is 1.98. The molecule has 0 aromatic heterocycles. The summed E-state index contributed by atoms with van der Waals surface area (Å²) < 4.78 is 0. The summed E-state index contributed by atoms with van der Waals surface area (Å²) in [4.78, 5) is 12.4. The Morgan fingerprint density at radius 1 is 1.47 bits per heavy atom. The molecule has 19 heavy (non-hydrogen) atoms. The molecule has 2 rings (SSSR count). The third kappa shape index (κ3) is 2.86. The Morgan fingerprint density at radius 3 is 2.58 bits per heavy atom. The van der Waals surface area contributed by atoms with Crippen LogP contribution in [0.15, 0.2) is 18.2 Å². The molecule has 102 valence electrons. The van der Waals surface area contributed by atoms with E-state index in [2.05, 4.69) is 5.32 Å². The first kappa shape index (κ1) is 14.6. The topological polar surface area (TPSA) is 55.1 Å². The lowest BCUT2D eigenvalue weighted by atomic mass is 10.0. The quantitative estimate of drug-likeness (QED) is 0.838. The fraction of sp³-hybridized carbons (Fsp3) is 0.385. The molecule has 0 heterocycles. The van der Waals surface area contributed by atoms with Gasteiger partial charge in [-0.2, -0.15) is 0 Å². The Hall–Kier alpha value is -0.840. The average molecular weight is 317 g/mol. The maximum atomic E-state index is 12.2. The molecule has 0 saturated heterocycles. The van der Waals surface area contributed by atoms with Crippen molar-refractivity contribution in [1.82, 2.24) is 5.32 Å². The Labute approximate surface area is 127 Å². The van der Waals surface area contributed by atoms with Gasteiger partial charge in [-0.05, 0) is 37.5 Å². The third-order valence-corrected chi connectivity index (χ3v) is 4.39. The summed E-state index contributed by atoms with van der Waals surface area (Å²) >= 11 is 16.9. The van der Waals surface area contributed by atoms with Crippen LogP contribution < -0.4 is 11.1 Å². The number of rotatable bonds is 4. The van der Waals surface area contributed by atoms with Gasteiger partial charge in [-0.3, -0.25) is 4.79 Å². The summed E-state index contributed by atoms with van der Waals surface area (Å²) in [6.45, 7) is 1.86. The van der Waals surface area contributed by atoms with Crippen molar-refractivity contribution in [2.24, 2.45) is 11.1 Å². The van der Waals surface area contributed by atoms with Gasteiger partial charge < -0.3 is 11.1 Å². The van der Waals surface area contributed by atoms with E-state index in [9.17, 15) is 4.79 Å². The van der Waals surface area contributed by atoms with E-state index in [0.29, 0.717) is 10.0 Å². The molecule has 3 nitrogen and oxygen atoms in total. The van der Waals surface area contributed by atoms with Crippen LogP contribution in [0.3, 0.4) is 0 Å². The molecular formula is C13H14Cl2N2OS. The van der Waals surface area contributed by atoms with E-state index in [1.165, 1.54) is 0 Å². The number of nitrogens with two attached hydrogens (primary N) is 1. The van der Waals surface area contributed by atoms with Crippen molar-refractivity contribution in [2.75, 3.05) is 0 Å². The van der Waals surface area contributed by atoms with Crippen molar-refractivity contribution >= 4 is 46.3 Å². The highest BCUT2D eigenvalue weighted by Crippen LogP contribution is 2.46. The number of hydrogen-bond donors (Lipinski definition) is 2. The van der Waals surface area contributed by atoms with Crippen LogP contribution in [-0.4, -0.2) is 10.9 Å². The van der Waals surface area contributed by atoms with Gasteiger partial charge in [0.1, 0.15) is 0 Å². The third-order valence-electron chi connectivity index (χ3n) is 3.43. The number of carbonyl (C=O) groups is 1. The van der Waals surface area contributed by atoms with E-state index in [1.54, 1.807) is 18.2 Å². The van der Waals surface area contributed by atoms with Crippen LogP contribution in [0.1, 0.15) is 31.4 Å². The maximum Gasteiger partial charge on any atom is 0.233 e. The Bertz CT molecular complexity index is 543. The van der Waals surface area contributed by atoms with E-state index in [-0.39, 0.29) is 16.9 Å². The molecule has 6 heteroatoms. The zero-order chi connectivity index (χ0) is 14.2.